The van der Waals surface area contributed by atoms with Gasteiger partial charge < -0.3 is 10.4 Å². The molecule has 0 aromatic heterocycles. The second-order valence-corrected chi connectivity index (χ2v) is 4.76. The third-order valence-corrected chi connectivity index (χ3v) is 3.17. The fraction of sp³-hybridized carbons (Fsp3) is 0.188. The third-order valence-electron chi connectivity index (χ3n) is 3.17. The number of anilines is 1. The Kier molecular flexibility index (Phi) is 4.03. The highest BCUT2D eigenvalue weighted by Gasteiger charge is 2.22. The lowest BCUT2D eigenvalue weighted by molar-refractivity contribution is -0.138. The Morgan fingerprint density at radius 1 is 1.20 bits per heavy atom. The van der Waals surface area contributed by atoms with Crippen LogP contribution >= 0.6 is 0 Å². The van der Waals surface area contributed by atoms with E-state index in [1.165, 1.54) is 12.1 Å². The number of halogens is 1. The number of nitrogens with one attached hydrogen (secondary N) is 1. The summed E-state index contributed by atoms with van der Waals surface area (Å²) in [5.74, 6) is -1.51. The molecule has 0 radical (unpaired) electrons. The average Bonchev–Trinajstić information content (AvgIpc) is 2.40. The van der Waals surface area contributed by atoms with Crippen LogP contribution in [0.15, 0.2) is 42.5 Å². The van der Waals surface area contributed by atoms with Crippen molar-refractivity contribution in [2.75, 3.05) is 5.32 Å². The predicted octanol–water partition coefficient (Wildman–Crippen LogP) is 3.68. The molecule has 0 heterocycles. The summed E-state index contributed by atoms with van der Waals surface area (Å²) in [6.45, 7) is 3.73. The zero-order valence-electron chi connectivity index (χ0n) is 11.4. The fourth-order valence-electron chi connectivity index (χ4n) is 2.08. The van der Waals surface area contributed by atoms with Crippen LogP contribution in [0.25, 0.3) is 0 Å². The smallest absolute Gasteiger partial charge is 0.330 e. The number of carbonyl (C=O) groups is 1. The Bertz CT molecular complexity index is 640. The lowest BCUT2D eigenvalue weighted by Gasteiger charge is -2.19. The van der Waals surface area contributed by atoms with Crippen molar-refractivity contribution in [2.24, 2.45) is 0 Å². The minimum absolute atomic E-state index is 0.181. The average molecular weight is 273 g/mol. The zero-order chi connectivity index (χ0) is 14.7. The summed E-state index contributed by atoms with van der Waals surface area (Å²) in [7, 11) is 0. The van der Waals surface area contributed by atoms with E-state index < -0.39 is 17.8 Å². The van der Waals surface area contributed by atoms with Crippen LogP contribution in [0.5, 0.6) is 0 Å². The van der Waals surface area contributed by atoms with Crippen LogP contribution in [-0.2, 0) is 4.79 Å². The van der Waals surface area contributed by atoms with Gasteiger partial charge >= 0.3 is 5.97 Å². The molecule has 0 aliphatic carbocycles. The highest BCUT2D eigenvalue weighted by Crippen LogP contribution is 2.25. The second-order valence-electron chi connectivity index (χ2n) is 4.76. The second kappa shape index (κ2) is 5.74. The molecule has 2 aromatic rings. The summed E-state index contributed by atoms with van der Waals surface area (Å²) >= 11 is 0. The molecular formula is C16H16FNO2. The minimum Gasteiger partial charge on any atom is -0.479 e. The van der Waals surface area contributed by atoms with E-state index in [4.69, 9.17) is 0 Å². The number of aryl methyl sites for hydroxylation is 2. The van der Waals surface area contributed by atoms with E-state index in [1.807, 2.05) is 32.0 Å². The Morgan fingerprint density at radius 2 is 1.90 bits per heavy atom. The lowest BCUT2D eigenvalue weighted by atomic mass is 9.98. The van der Waals surface area contributed by atoms with Gasteiger partial charge in [0.05, 0.1) is 5.69 Å². The molecule has 4 heteroatoms. The number of hydrogen-bond acceptors (Lipinski definition) is 2. The molecule has 0 amide bonds. The van der Waals surface area contributed by atoms with Crippen molar-refractivity contribution >= 4 is 11.7 Å². The molecule has 0 aliphatic heterocycles. The van der Waals surface area contributed by atoms with Crippen LogP contribution in [0.2, 0.25) is 0 Å². The molecule has 0 aliphatic rings. The largest absolute Gasteiger partial charge is 0.479 e. The van der Waals surface area contributed by atoms with Crippen LogP contribution in [0.4, 0.5) is 10.1 Å². The third kappa shape index (κ3) is 2.96. The number of rotatable bonds is 4. The Labute approximate surface area is 117 Å². The van der Waals surface area contributed by atoms with Crippen molar-refractivity contribution in [3.8, 4) is 0 Å². The van der Waals surface area contributed by atoms with E-state index in [2.05, 4.69) is 5.32 Å². The first-order chi connectivity index (χ1) is 9.49. The van der Waals surface area contributed by atoms with E-state index in [-0.39, 0.29) is 5.69 Å². The van der Waals surface area contributed by atoms with Gasteiger partial charge in [-0.3, -0.25) is 0 Å². The van der Waals surface area contributed by atoms with E-state index in [0.717, 1.165) is 11.1 Å². The van der Waals surface area contributed by atoms with Crippen molar-refractivity contribution in [2.45, 2.75) is 19.9 Å². The topological polar surface area (TPSA) is 49.3 Å². The Balaban J connectivity index is 2.40. The van der Waals surface area contributed by atoms with Crippen molar-refractivity contribution in [1.82, 2.24) is 0 Å². The molecule has 0 saturated heterocycles. The highest BCUT2D eigenvalue weighted by molar-refractivity contribution is 5.80. The van der Waals surface area contributed by atoms with E-state index in [1.54, 1.807) is 12.1 Å². The van der Waals surface area contributed by atoms with Crippen molar-refractivity contribution in [3.63, 3.8) is 0 Å². The SMILES string of the molecule is Cc1ccc(C)c(C(Nc2ccccc2F)C(=O)O)c1. The van der Waals surface area contributed by atoms with Crippen LogP contribution in [0.3, 0.4) is 0 Å². The Hall–Kier alpha value is -2.36. The highest BCUT2D eigenvalue weighted by atomic mass is 19.1. The minimum atomic E-state index is -1.04. The molecule has 20 heavy (non-hydrogen) atoms. The summed E-state index contributed by atoms with van der Waals surface area (Å²) in [5.41, 5.74) is 2.64. The van der Waals surface area contributed by atoms with Gasteiger partial charge in [-0.05, 0) is 37.1 Å². The number of aliphatic carboxylic acids is 1. The quantitative estimate of drug-likeness (QED) is 0.893. The lowest BCUT2D eigenvalue weighted by Crippen LogP contribution is -2.22. The summed E-state index contributed by atoms with van der Waals surface area (Å²) in [5, 5.41) is 12.2. The van der Waals surface area contributed by atoms with Gasteiger partial charge in [-0.25, -0.2) is 9.18 Å². The van der Waals surface area contributed by atoms with Crippen LogP contribution in [0, 0.1) is 19.7 Å². The molecule has 1 atom stereocenters. The maximum atomic E-state index is 13.7. The molecule has 2 aromatic carbocycles. The molecule has 0 fully saturated rings. The number of benzene rings is 2. The first-order valence-electron chi connectivity index (χ1n) is 6.30. The van der Waals surface area contributed by atoms with Gasteiger partial charge in [0.15, 0.2) is 6.04 Å². The molecule has 0 spiro atoms. The molecule has 2 N–H and O–H groups in total. The summed E-state index contributed by atoms with van der Waals surface area (Å²) < 4.78 is 13.7. The summed E-state index contributed by atoms with van der Waals surface area (Å²) in [4.78, 5) is 11.5. The number of para-hydroxylation sites is 1. The molecule has 104 valence electrons. The molecular weight excluding hydrogens is 257 g/mol. The fourth-order valence-corrected chi connectivity index (χ4v) is 2.08. The number of carboxylic acid groups (broad SMARTS) is 1. The molecule has 1 unspecified atom stereocenters. The van der Waals surface area contributed by atoms with Gasteiger partial charge in [-0.1, -0.05) is 35.9 Å². The van der Waals surface area contributed by atoms with E-state index >= 15 is 0 Å². The Morgan fingerprint density at radius 3 is 2.55 bits per heavy atom. The van der Waals surface area contributed by atoms with Crippen LogP contribution in [0.1, 0.15) is 22.7 Å². The van der Waals surface area contributed by atoms with Gasteiger partial charge in [-0.2, -0.15) is 0 Å². The van der Waals surface area contributed by atoms with Crippen molar-refractivity contribution in [1.29, 1.82) is 0 Å². The maximum absolute atomic E-state index is 13.7. The molecule has 3 nitrogen and oxygen atoms in total. The maximum Gasteiger partial charge on any atom is 0.330 e. The monoisotopic (exact) mass is 273 g/mol. The summed E-state index contributed by atoms with van der Waals surface area (Å²) in [6.07, 6.45) is 0. The standard InChI is InChI=1S/C16H16FNO2/c1-10-7-8-11(2)12(9-10)15(16(19)20)18-14-6-4-3-5-13(14)17/h3-9,15,18H,1-2H3,(H,19,20). The number of hydrogen-bond donors (Lipinski definition) is 2. The van der Waals surface area contributed by atoms with Crippen molar-refractivity contribution < 1.29 is 14.3 Å². The first-order valence-corrected chi connectivity index (χ1v) is 6.30. The van der Waals surface area contributed by atoms with Gasteiger partial charge in [0.2, 0.25) is 0 Å². The van der Waals surface area contributed by atoms with Crippen LogP contribution in [-0.4, -0.2) is 11.1 Å². The van der Waals surface area contributed by atoms with Crippen LogP contribution < -0.4 is 5.32 Å². The predicted molar refractivity (Wildman–Crippen MR) is 76.3 cm³/mol. The molecule has 0 saturated carbocycles. The van der Waals surface area contributed by atoms with E-state index in [9.17, 15) is 14.3 Å². The summed E-state index contributed by atoms with van der Waals surface area (Å²) in [6, 6.07) is 10.7. The normalized spacial score (nSPS) is 11.9. The number of carboxylic acids is 1. The molecule has 2 rings (SSSR count). The van der Waals surface area contributed by atoms with Gasteiger partial charge in [0, 0.05) is 0 Å². The zero-order valence-corrected chi connectivity index (χ0v) is 11.4. The van der Waals surface area contributed by atoms with Gasteiger partial charge in [-0.15, -0.1) is 0 Å². The van der Waals surface area contributed by atoms with Gasteiger partial charge in [0.1, 0.15) is 5.82 Å². The van der Waals surface area contributed by atoms with Gasteiger partial charge in [0.25, 0.3) is 0 Å². The first kappa shape index (κ1) is 14.1. The van der Waals surface area contributed by atoms with E-state index in [0.29, 0.717) is 5.56 Å². The molecule has 0 bridgehead atoms. The van der Waals surface area contributed by atoms with Crippen molar-refractivity contribution in [3.05, 3.63) is 65.0 Å².